The number of hydrogen-bond acceptors (Lipinski definition) is 4. The van der Waals surface area contributed by atoms with Gasteiger partial charge in [-0.1, -0.05) is 0 Å². The molecule has 5 nitrogen and oxygen atoms in total. The molecule has 16 heavy (non-hydrogen) atoms. The maximum atomic E-state index is 4.08. The van der Waals surface area contributed by atoms with Crippen LogP contribution < -0.4 is 5.32 Å². The highest BCUT2D eigenvalue weighted by molar-refractivity contribution is 4.85. The Morgan fingerprint density at radius 1 is 1.38 bits per heavy atom. The molecule has 1 N–H and O–H groups in total. The zero-order valence-electron chi connectivity index (χ0n) is 10.2. The molecule has 1 atom stereocenters. The van der Waals surface area contributed by atoms with Gasteiger partial charge in [-0.15, -0.1) is 10.2 Å². The molecule has 1 fully saturated rings. The van der Waals surface area contributed by atoms with Crippen molar-refractivity contribution in [2.45, 2.75) is 31.8 Å². The standard InChI is InChI=1S/C11H21N5/c1-15-6-3-4-10(5-7-15)12-8-11-14-13-9-16(11)2/h9-10,12H,3-8H2,1-2H3. The molecular formula is C11H21N5. The molecule has 0 saturated carbocycles. The van der Waals surface area contributed by atoms with Gasteiger partial charge in [0.25, 0.3) is 0 Å². The van der Waals surface area contributed by atoms with Gasteiger partial charge in [-0.2, -0.15) is 0 Å². The van der Waals surface area contributed by atoms with Gasteiger partial charge in [0.1, 0.15) is 12.2 Å². The molecule has 1 saturated heterocycles. The number of aryl methyl sites for hydroxylation is 1. The second kappa shape index (κ2) is 5.41. The molecule has 0 aliphatic carbocycles. The van der Waals surface area contributed by atoms with Crippen LogP contribution in [0.25, 0.3) is 0 Å². The van der Waals surface area contributed by atoms with E-state index in [0.717, 1.165) is 12.4 Å². The largest absolute Gasteiger partial charge is 0.320 e. The summed E-state index contributed by atoms with van der Waals surface area (Å²) in [6.07, 6.45) is 5.53. The van der Waals surface area contributed by atoms with E-state index in [1.165, 1.54) is 32.4 Å². The summed E-state index contributed by atoms with van der Waals surface area (Å²) in [6.45, 7) is 3.24. The topological polar surface area (TPSA) is 46.0 Å². The van der Waals surface area contributed by atoms with Crippen molar-refractivity contribution in [2.75, 3.05) is 20.1 Å². The second-order valence-electron chi connectivity index (χ2n) is 4.67. The number of rotatable bonds is 3. The predicted molar refractivity (Wildman–Crippen MR) is 63.0 cm³/mol. The fraction of sp³-hybridized carbons (Fsp3) is 0.818. The molecule has 1 unspecified atom stereocenters. The Kier molecular flexibility index (Phi) is 3.90. The average Bonchev–Trinajstić information content (AvgIpc) is 2.55. The highest BCUT2D eigenvalue weighted by Crippen LogP contribution is 2.09. The number of hydrogen-bond donors (Lipinski definition) is 1. The van der Waals surface area contributed by atoms with Crippen molar-refractivity contribution >= 4 is 0 Å². The molecular weight excluding hydrogens is 202 g/mol. The van der Waals surface area contributed by atoms with Gasteiger partial charge in [0.05, 0.1) is 6.54 Å². The maximum absolute atomic E-state index is 4.08. The van der Waals surface area contributed by atoms with Crippen LogP contribution in [-0.2, 0) is 13.6 Å². The SMILES string of the molecule is CN1CCCC(NCc2nncn2C)CC1. The minimum absolute atomic E-state index is 0.627. The third kappa shape index (κ3) is 3.02. The van der Waals surface area contributed by atoms with Crippen LogP contribution in [0.1, 0.15) is 25.1 Å². The first-order valence-electron chi connectivity index (χ1n) is 6.00. The first-order chi connectivity index (χ1) is 7.75. The summed E-state index contributed by atoms with van der Waals surface area (Å²) >= 11 is 0. The van der Waals surface area contributed by atoms with E-state index in [1.54, 1.807) is 6.33 Å². The van der Waals surface area contributed by atoms with Crippen LogP contribution in [0, 0.1) is 0 Å². The third-order valence-electron chi connectivity index (χ3n) is 3.31. The highest BCUT2D eigenvalue weighted by atomic mass is 15.3. The monoisotopic (exact) mass is 223 g/mol. The van der Waals surface area contributed by atoms with Crippen LogP contribution in [-0.4, -0.2) is 45.8 Å². The van der Waals surface area contributed by atoms with Gasteiger partial charge < -0.3 is 14.8 Å². The van der Waals surface area contributed by atoms with E-state index in [9.17, 15) is 0 Å². The van der Waals surface area contributed by atoms with Crippen molar-refractivity contribution in [2.24, 2.45) is 7.05 Å². The van der Waals surface area contributed by atoms with Crippen molar-refractivity contribution in [3.05, 3.63) is 12.2 Å². The van der Waals surface area contributed by atoms with E-state index in [4.69, 9.17) is 0 Å². The molecule has 0 bridgehead atoms. The summed E-state index contributed by atoms with van der Waals surface area (Å²) in [5.41, 5.74) is 0. The van der Waals surface area contributed by atoms with Crippen LogP contribution in [0.5, 0.6) is 0 Å². The lowest BCUT2D eigenvalue weighted by Crippen LogP contribution is -2.30. The molecule has 1 aromatic rings. The van der Waals surface area contributed by atoms with Crippen LogP contribution >= 0.6 is 0 Å². The van der Waals surface area contributed by atoms with Gasteiger partial charge in [0.15, 0.2) is 0 Å². The van der Waals surface area contributed by atoms with Gasteiger partial charge in [0.2, 0.25) is 0 Å². The molecule has 2 heterocycles. The Morgan fingerprint density at radius 3 is 3.00 bits per heavy atom. The lowest BCUT2D eigenvalue weighted by molar-refractivity contribution is 0.343. The third-order valence-corrected chi connectivity index (χ3v) is 3.31. The maximum Gasteiger partial charge on any atom is 0.146 e. The van der Waals surface area contributed by atoms with Crippen LogP contribution in [0.2, 0.25) is 0 Å². The molecule has 90 valence electrons. The minimum Gasteiger partial charge on any atom is -0.320 e. The van der Waals surface area contributed by atoms with E-state index in [0.29, 0.717) is 6.04 Å². The molecule has 0 spiro atoms. The molecule has 0 radical (unpaired) electrons. The van der Waals surface area contributed by atoms with Crippen molar-refractivity contribution in [3.8, 4) is 0 Å². The van der Waals surface area contributed by atoms with Crippen LogP contribution in [0.4, 0.5) is 0 Å². The summed E-state index contributed by atoms with van der Waals surface area (Å²) in [4.78, 5) is 2.41. The Balaban J connectivity index is 1.79. The van der Waals surface area contributed by atoms with Crippen LogP contribution in [0.3, 0.4) is 0 Å². The van der Waals surface area contributed by atoms with Gasteiger partial charge >= 0.3 is 0 Å². The number of nitrogens with one attached hydrogen (secondary N) is 1. The van der Waals surface area contributed by atoms with Crippen molar-refractivity contribution < 1.29 is 0 Å². The van der Waals surface area contributed by atoms with Crippen molar-refractivity contribution in [3.63, 3.8) is 0 Å². The minimum atomic E-state index is 0.627. The predicted octanol–water partition coefficient (Wildman–Crippen LogP) is 0.389. The first-order valence-corrected chi connectivity index (χ1v) is 6.00. The molecule has 5 heteroatoms. The van der Waals surface area contributed by atoms with Gasteiger partial charge in [-0.25, -0.2) is 0 Å². The van der Waals surface area contributed by atoms with Crippen molar-refractivity contribution in [1.29, 1.82) is 0 Å². The number of likely N-dealkylation sites (tertiary alicyclic amines) is 1. The molecule has 1 aliphatic rings. The van der Waals surface area contributed by atoms with E-state index >= 15 is 0 Å². The Bertz CT molecular complexity index is 322. The Hall–Kier alpha value is -0.940. The second-order valence-corrected chi connectivity index (χ2v) is 4.67. The Morgan fingerprint density at radius 2 is 2.25 bits per heavy atom. The summed E-state index contributed by atoms with van der Waals surface area (Å²) in [5, 5.41) is 11.5. The van der Waals surface area contributed by atoms with E-state index < -0.39 is 0 Å². The summed E-state index contributed by atoms with van der Waals surface area (Å²) in [5.74, 6) is 1.01. The number of nitrogens with zero attached hydrogens (tertiary/aromatic N) is 4. The number of aromatic nitrogens is 3. The average molecular weight is 223 g/mol. The van der Waals surface area contributed by atoms with Gasteiger partial charge in [-0.3, -0.25) is 0 Å². The summed E-state index contributed by atoms with van der Waals surface area (Å²) in [7, 11) is 4.18. The van der Waals surface area contributed by atoms with Gasteiger partial charge in [0, 0.05) is 13.1 Å². The van der Waals surface area contributed by atoms with Gasteiger partial charge in [-0.05, 0) is 39.4 Å². The molecule has 1 aliphatic heterocycles. The summed E-state index contributed by atoms with van der Waals surface area (Å²) in [6, 6.07) is 0.627. The fourth-order valence-corrected chi connectivity index (χ4v) is 2.15. The summed E-state index contributed by atoms with van der Waals surface area (Å²) < 4.78 is 1.97. The molecule has 2 rings (SSSR count). The lowest BCUT2D eigenvalue weighted by atomic mass is 10.1. The van der Waals surface area contributed by atoms with E-state index in [2.05, 4.69) is 27.5 Å². The first kappa shape index (κ1) is 11.5. The van der Waals surface area contributed by atoms with Crippen molar-refractivity contribution in [1.82, 2.24) is 25.0 Å². The zero-order valence-corrected chi connectivity index (χ0v) is 10.2. The van der Waals surface area contributed by atoms with E-state index in [-0.39, 0.29) is 0 Å². The molecule has 1 aromatic heterocycles. The quantitative estimate of drug-likeness (QED) is 0.805. The lowest BCUT2D eigenvalue weighted by Gasteiger charge is -2.16. The fourth-order valence-electron chi connectivity index (χ4n) is 2.15. The van der Waals surface area contributed by atoms with E-state index in [1.807, 2.05) is 11.6 Å². The Labute approximate surface area is 96.8 Å². The molecule has 0 aromatic carbocycles. The normalized spacial score (nSPS) is 23.2. The highest BCUT2D eigenvalue weighted by Gasteiger charge is 2.14. The molecule has 0 amide bonds. The zero-order chi connectivity index (χ0) is 11.4. The van der Waals surface area contributed by atoms with Crippen LogP contribution in [0.15, 0.2) is 6.33 Å². The smallest absolute Gasteiger partial charge is 0.146 e.